The average molecular weight is 426 g/mol. The second-order valence-electron chi connectivity index (χ2n) is 6.81. The fraction of sp³-hybridized carbons (Fsp3) is 0.0741. The van der Waals surface area contributed by atoms with Crippen LogP contribution in [0.1, 0.15) is 26.3 Å². The summed E-state index contributed by atoms with van der Waals surface area (Å²) in [5, 5.41) is 0. The molecule has 0 spiro atoms. The molecule has 0 radical (unpaired) electrons. The third-order valence-corrected chi connectivity index (χ3v) is 4.63. The van der Waals surface area contributed by atoms with E-state index in [1.165, 1.54) is 18.2 Å². The number of ether oxygens (including phenoxy) is 2. The standard InChI is InChI=1S/C27H22O5/c1-2-20-31-26(30)27(23-16-10-5-11-17-23,32-25(29)22-14-8-4-9-15-22)19-18-24(28)21-12-6-3-7-13-21/h2-19H,1,20H2/b19-18+. The molecule has 0 bridgehead atoms. The van der Waals surface area contributed by atoms with E-state index < -0.39 is 17.5 Å². The zero-order chi connectivity index (χ0) is 22.8. The molecule has 0 saturated carbocycles. The van der Waals surface area contributed by atoms with E-state index >= 15 is 0 Å². The van der Waals surface area contributed by atoms with Crippen molar-refractivity contribution < 1.29 is 23.9 Å². The van der Waals surface area contributed by atoms with Crippen LogP contribution in [0.3, 0.4) is 0 Å². The van der Waals surface area contributed by atoms with Crippen molar-refractivity contribution in [3.05, 3.63) is 132 Å². The highest BCUT2D eigenvalue weighted by Crippen LogP contribution is 2.31. The summed E-state index contributed by atoms with van der Waals surface area (Å²) in [4.78, 5) is 38.9. The summed E-state index contributed by atoms with van der Waals surface area (Å²) in [5.74, 6) is -1.93. The molecule has 3 rings (SSSR count). The minimum absolute atomic E-state index is 0.0865. The predicted octanol–water partition coefficient (Wildman–Crippen LogP) is 4.91. The van der Waals surface area contributed by atoms with Gasteiger partial charge in [-0.25, -0.2) is 9.59 Å². The van der Waals surface area contributed by atoms with Gasteiger partial charge in [0.15, 0.2) is 5.78 Å². The van der Waals surface area contributed by atoms with Crippen LogP contribution in [0.2, 0.25) is 0 Å². The summed E-state index contributed by atoms with van der Waals surface area (Å²) < 4.78 is 11.1. The zero-order valence-corrected chi connectivity index (χ0v) is 17.3. The fourth-order valence-corrected chi connectivity index (χ4v) is 3.02. The molecule has 0 saturated heterocycles. The molecule has 3 aromatic carbocycles. The zero-order valence-electron chi connectivity index (χ0n) is 17.3. The molecular weight excluding hydrogens is 404 g/mol. The molecule has 1 unspecified atom stereocenters. The SMILES string of the molecule is C=CCOC(=O)C(/C=C/C(=O)c1ccccc1)(OC(=O)c1ccccc1)c1ccccc1. The van der Waals surface area contributed by atoms with Crippen molar-refractivity contribution in [3.8, 4) is 0 Å². The second-order valence-corrected chi connectivity index (χ2v) is 6.81. The van der Waals surface area contributed by atoms with Crippen LogP contribution < -0.4 is 0 Å². The number of carbonyl (C=O) groups excluding carboxylic acids is 3. The maximum atomic E-state index is 13.2. The number of hydrogen-bond donors (Lipinski definition) is 0. The summed E-state index contributed by atoms with van der Waals surface area (Å²) in [5.41, 5.74) is -0.941. The Morgan fingerprint density at radius 2 is 1.31 bits per heavy atom. The minimum Gasteiger partial charge on any atom is -0.458 e. The lowest BCUT2D eigenvalue weighted by Crippen LogP contribution is -2.40. The average Bonchev–Trinajstić information content (AvgIpc) is 2.86. The number of rotatable bonds is 9. The summed E-state index contributed by atoms with van der Waals surface area (Å²) in [6, 6.07) is 25.3. The van der Waals surface area contributed by atoms with Gasteiger partial charge in [-0.3, -0.25) is 4.79 Å². The van der Waals surface area contributed by atoms with Crippen LogP contribution in [0.5, 0.6) is 0 Å². The molecule has 32 heavy (non-hydrogen) atoms. The maximum Gasteiger partial charge on any atom is 0.359 e. The van der Waals surface area contributed by atoms with E-state index in [4.69, 9.17) is 9.47 Å². The Bertz CT molecular complexity index is 1100. The van der Waals surface area contributed by atoms with Gasteiger partial charge in [-0.05, 0) is 24.3 Å². The molecule has 3 aromatic rings. The van der Waals surface area contributed by atoms with Gasteiger partial charge in [0, 0.05) is 11.1 Å². The van der Waals surface area contributed by atoms with E-state index in [1.807, 2.05) is 0 Å². The van der Waals surface area contributed by atoms with Gasteiger partial charge in [-0.15, -0.1) is 0 Å². The highest BCUT2D eigenvalue weighted by atomic mass is 16.6. The lowest BCUT2D eigenvalue weighted by Gasteiger charge is -2.29. The highest BCUT2D eigenvalue weighted by molar-refractivity contribution is 6.05. The lowest BCUT2D eigenvalue weighted by atomic mass is 9.91. The van der Waals surface area contributed by atoms with Crippen LogP contribution in [0.4, 0.5) is 0 Å². The molecular formula is C27H22O5. The smallest absolute Gasteiger partial charge is 0.359 e. The van der Waals surface area contributed by atoms with Crippen LogP contribution in [0, 0.1) is 0 Å². The summed E-state index contributed by atoms with van der Waals surface area (Å²) in [7, 11) is 0. The van der Waals surface area contributed by atoms with Crippen LogP contribution in [0.25, 0.3) is 0 Å². The number of allylic oxidation sites excluding steroid dienone is 1. The molecule has 0 amide bonds. The fourth-order valence-electron chi connectivity index (χ4n) is 3.02. The van der Waals surface area contributed by atoms with Crippen molar-refractivity contribution in [2.24, 2.45) is 0 Å². The van der Waals surface area contributed by atoms with Gasteiger partial charge in [0.25, 0.3) is 5.60 Å². The molecule has 1 atom stereocenters. The van der Waals surface area contributed by atoms with Crippen LogP contribution >= 0.6 is 0 Å². The van der Waals surface area contributed by atoms with E-state index in [-0.39, 0.29) is 18.0 Å². The van der Waals surface area contributed by atoms with Crippen molar-refractivity contribution in [1.29, 1.82) is 0 Å². The first-order valence-electron chi connectivity index (χ1n) is 9.97. The van der Waals surface area contributed by atoms with Gasteiger partial charge in [-0.2, -0.15) is 0 Å². The molecule has 0 fully saturated rings. The first kappa shape index (κ1) is 22.4. The van der Waals surface area contributed by atoms with Crippen LogP contribution in [-0.4, -0.2) is 24.3 Å². The normalized spacial score (nSPS) is 12.5. The summed E-state index contributed by atoms with van der Waals surface area (Å²) in [6.45, 7) is 3.47. The van der Waals surface area contributed by atoms with Crippen LogP contribution in [-0.2, 0) is 19.9 Å². The highest BCUT2D eigenvalue weighted by Gasteiger charge is 2.44. The Labute approximate surface area is 186 Å². The van der Waals surface area contributed by atoms with Gasteiger partial charge in [0.05, 0.1) is 5.56 Å². The summed E-state index contributed by atoms with van der Waals surface area (Å²) >= 11 is 0. The number of ketones is 1. The van der Waals surface area contributed by atoms with Crippen molar-refractivity contribution in [2.45, 2.75) is 5.60 Å². The van der Waals surface area contributed by atoms with Crippen molar-refractivity contribution >= 4 is 17.7 Å². The van der Waals surface area contributed by atoms with E-state index in [0.717, 1.165) is 0 Å². The van der Waals surface area contributed by atoms with Crippen molar-refractivity contribution in [3.63, 3.8) is 0 Å². The monoisotopic (exact) mass is 426 g/mol. The second kappa shape index (κ2) is 10.7. The summed E-state index contributed by atoms with van der Waals surface area (Å²) in [6.07, 6.45) is 3.89. The lowest BCUT2D eigenvalue weighted by molar-refractivity contribution is -0.160. The van der Waals surface area contributed by atoms with E-state index in [0.29, 0.717) is 11.1 Å². The molecule has 0 heterocycles. The molecule has 0 aromatic heterocycles. The Morgan fingerprint density at radius 1 is 0.781 bits per heavy atom. The molecule has 0 N–H and O–H groups in total. The molecule has 0 aliphatic carbocycles. The molecule has 0 aliphatic rings. The molecule has 160 valence electrons. The van der Waals surface area contributed by atoms with Gasteiger partial charge in [-0.1, -0.05) is 91.5 Å². The third-order valence-electron chi connectivity index (χ3n) is 4.63. The number of esters is 2. The predicted molar refractivity (Wildman–Crippen MR) is 121 cm³/mol. The van der Waals surface area contributed by atoms with Gasteiger partial charge in [0.2, 0.25) is 0 Å². The van der Waals surface area contributed by atoms with E-state index in [9.17, 15) is 14.4 Å². The first-order valence-corrected chi connectivity index (χ1v) is 9.97. The number of carbonyl (C=O) groups is 3. The number of benzene rings is 3. The van der Waals surface area contributed by atoms with E-state index in [2.05, 4.69) is 6.58 Å². The molecule has 5 nitrogen and oxygen atoms in total. The third kappa shape index (κ3) is 5.26. The largest absolute Gasteiger partial charge is 0.458 e. The molecule has 5 heteroatoms. The Morgan fingerprint density at radius 3 is 1.88 bits per heavy atom. The van der Waals surface area contributed by atoms with Crippen LogP contribution in [0.15, 0.2) is 116 Å². The number of hydrogen-bond acceptors (Lipinski definition) is 5. The maximum absolute atomic E-state index is 13.2. The Hall–Kier alpha value is -4.25. The van der Waals surface area contributed by atoms with Gasteiger partial charge in [0.1, 0.15) is 6.61 Å². The Kier molecular flexibility index (Phi) is 7.49. The topological polar surface area (TPSA) is 69.7 Å². The minimum atomic E-state index is -1.97. The van der Waals surface area contributed by atoms with Crippen molar-refractivity contribution in [2.75, 3.05) is 6.61 Å². The van der Waals surface area contributed by atoms with Crippen molar-refractivity contribution in [1.82, 2.24) is 0 Å². The first-order chi connectivity index (χ1) is 15.6. The van der Waals surface area contributed by atoms with E-state index in [1.54, 1.807) is 91.0 Å². The van der Waals surface area contributed by atoms with Gasteiger partial charge < -0.3 is 9.47 Å². The van der Waals surface area contributed by atoms with Gasteiger partial charge >= 0.3 is 11.9 Å². The Balaban J connectivity index is 2.08. The quantitative estimate of drug-likeness (QED) is 0.211. The molecule has 0 aliphatic heterocycles.